The Morgan fingerprint density at radius 2 is 1.80 bits per heavy atom. The van der Waals surface area contributed by atoms with Crippen molar-refractivity contribution in [1.82, 2.24) is 9.78 Å². The van der Waals surface area contributed by atoms with Crippen LogP contribution in [0.25, 0.3) is 0 Å². The van der Waals surface area contributed by atoms with Gasteiger partial charge < -0.3 is 19.5 Å². The average molecular weight is 454 g/mol. The summed E-state index contributed by atoms with van der Waals surface area (Å²) < 4.78 is 31.2. The largest absolute Gasteiger partial charge is 0.493 e. The second-order valence-corrected chi connectivity index (χ2v) is 6.87. The van der Waals surface area contributed by atoms with Gasteiger partial charge in [-0.25, -0.2) is 4.39 Å². The van der Waals surface area contributed by atoms with Gasteiger partial charge in [-0.1, -0.05) is 29.3 Å². The van der Waals surface area contributed by atoms with Gasteiger partial charge in [0, 0.05) is 16.8 Å². The van der Waals surface area contributed by atoms with Crippen molar-refractivity contribution >= 4 is 34.9 Å². The summed E-state index contributed by atoms with van der Waals surface area (Å²) in [4.78, 5) is 12.8. The molecule has 30 heavy (non-hydrogen) atoms. The van der Waals surface area contributed by atoms with Gasteiger partial charge in [-0.2, -0.15) is 5.10 Å². The van der Waals surface area contributed by atoms with Crippen molar-refractivity contribution in [2.45, 2.75) is 6.54 Å². The highest BCUT2D eigenvalue weighted by Crippen LogP contribution is 2.40. The van der Waals surface area contributed by atoms with E-state index in [1.54, 1.807) is 12.1 Å². The molecule has 0 aliphatic heterocycles. The molecule has 1 amide bonds. The standard InChI is InChI=1S/C20H18Cl2FN3O4/c1-28-16-8-7-11(17(29-2)18(16)30-3)20(27)24-19-14(22)10-26(25-19)9-12-13(21)5-4-6-15(12)23/h4-8,10H,9H2,1-3H3,(H,24,25,27). The molecule has 10 heteroatoms. The first kappa shape index (κ1) is 21.7. The molecule has 7 nitrogen and oxygen atoms in total. The van der Waals surface area contributed by atoms with Gasteiger partial charge in [-0.3, -0.25) is 9.48 Å². The van der Waals surface area contributed by atoms with Crippen LogP contribution in [-0.2, 0) is 6.54 Å². The summed E-state index contributed by atoms with van der Waals surface area (Å²) in [7, 11) is 4.33. The van der Waals surface area contributed by atoms with Crippen LogP contribution in [-0.4, -0.2) is 37.0 Å². The van der Waals surface area contributed by atoms with E-state index in [0.29, 0.717) is 5.75 Å². The van der Waals surface area contributed by atoms with Crippen LogP contribution in [0.5, 0.6) is 17.2 Å². The summed E-state index contributed by atoms with van der Waals surface area (Å²) in [6, 6.07) is 7.51. The lowest BCUT2D eigenvalue weighted by molar-refractivity contribution is 0.102. The number of nitrogens with zero attached hydrogens (tertiary/aromatic N) is 2. The van der Waals surface area contributed by atoms with E-state index in [-0.39, 0.29) is 45.0 Å². The van der Waals surface area contributed by atoms with E-state index < -0.39 is 11.7 Å². The maximum atomic E-state index is 14.0. The maximum Gasteiger partial charge on any atom is 0.260 e. The van der Waals surface area contributed by atoms with E-state index in [4.69, 9.17) is 37.4 Å². The van der Waals surface area contributed by atoms with Crippen LogP contribution in [0.2, 0.25) is 10.0 Å². The smallest absolute Gasteiger partial charge is 0.260 e. The fourth-order valence-electron chi connectivity index (χ4n) is 2.86. The number of nitrogens with one attached hydrogen (secondary N) is 1. The number of halogens is 3. The Hall–Kier alpha value is -2.97. The zero-order valence-corrected chi connectivity index (χ0v) is 17.8. The molecule has 1 heterocycles. The molecule has 0 spiro atoms. The van der Waals surface area contributed by atoms with Crippen LogP contribution in [0.3, 0.4) is 0 Å². The monoisotopic (exact) mass is 453 g/mol. The predicted octanol–water partition coefficient (Wildman–Crippen LogP) is 4.66. The van der Waals surface area contributed by atoms with Crippen molar-refractivity contribution in [2.24, 2.45) is 0 Å². The van der Waals surface area contributed by atoms with E-state index in [2.05, 4.69) is 10.4 Å². The summed E-state index contributed by atoms with van der Waals surface area (Å²) in [6.45, 7) is 0.0424. The van der Waals surface area contributed by atoms with Crippen molar-refractivity contribution in [3.8, 4) is 17.2 Å². The van der Waals surface area contributed by atoms with Crippen LogP contribution in [0.15, 0.2) is 36.5 Å². The van der Waals surface area contributed by atoms with Crippen molar-refractivity contribution in [2.75, 3.05) is 26.6 Å². The highest BCUT2D eigenvalue weighted by atomic mass is 35.5. The molecule has 0 saturated carbocycles. The third-order valence-electron chi connectivity index (χ3n) is 4.28. The summed E-state index contributed by atoms with van der Waals surface area (Å²) in [5, 5.41) is 7.28. The number of carbonyl (C=O) groups is 1. The third kappa shape index (κ3) is 4.29. The molecule has 0 aliphatic carbocycles. The number of ether oxygens (including phenoxy) is 3. The molecule has 3 rings (SSSR count). The van der Waals surface area contributed by atoms with Crippen LogP contribution in [0.4, 0.5) is 10.2 Å². The van der Waals surface area contributed by atoms with E-state index in [0.717, 1.165) is 0 Å². The maximum absolute atomic E-state index is 14.0. The first-order valence-corrected chi connectivity index (χ1v) is 9.41. The molecule has 158 valence electrons. The van der Waals surface area contributed by atoms with Gasteiger partial charge in [0.1, 0.15) is 10.8 Å². The number of hydrogen-bond donors (Lipinski definition) is 1. The van der Waals surface area contributed by atoms with Crippen molar-refractivity contribution in [3.63, 3.8) is 0 Å². The van der Waals surface area contributed by atoms with Gasteiger partial charge in [-0.15, -0.1) is 0 Å². The summed E-state index contributed by atoms with van der Waals surface area (Å²) in [5.41, 5.74) is 0.454. The Balaban J connectivity index is 1.86. The molecule has 1 aromatic heterocycles. The van der Waals surface area contributed by atoms with E-state index >= 15 is 0 Å². The number of aromatic nitrogens is 2. The topological polar surface area (TPSA) is 74.6 Å². The van der Waals surface area contributed by atoms with Gasteiger partial charge in [0.2, 0.25) is 5.75 Å². The van der Waals surface area contributed by atoms with Crippen LogP contribution in [0.1, 0.15) is 15.9 Å². The molecule has 0 radical (unpaired) electrons. The minimum absolute atomic E-state index is 0.0424. The van der Waals surface area contributed by atoms with Gasteiger partial charge in [0.05, 0.1) is 33.4 Å². The highest BCUT2D eigenvalue weighted by molar-refractivity contribution is 6.33. The molecular formula is C20H18Cl2FN3O4. The lowest BCUT2D eigenvalue weighted by atomic mass is 10.1. The van der Waals surface area contributed by atoms with Gasteiger partial charge in [0.15, 0.2) is 17.3 Å². The van der Waals surface area contributed by atoms with Gasteiger partial charge in [-0.05, 0) is 24.3 Å². The van der Waals surface area contributed by atoms with Crippen molar-refractivity contribution in [3.05, 3.63) is 63.5 Å². The van der Waals surface area contributed by atoms with Crippen molar-refractivity contribution < 1.29 is 23.4 Å². The summed E-state index contributed by atoms with van der Waals surface area (Å²) >= 11 is 12.3. The van der Waals surface area contributed by atoms with E-state index in [9.17, 15) is 9.18 Å². The quantitative estimate of drug-likeness (QED) is 0.563. The predicted molar refractivity (Wildman–Crippen MR) is 112 cm³/mol. The number of anilines is 1. The van der Waals surface area contributed by atoms with E-state index in [1.807, 2.05) is 0 Å². The van der Waals surface area contributed by atoms with Gasteiger partial charge >= 0.3 is 0 Å². The normalized spacial score (nSPS) is 10.6. The molecule has 0 aliphatic rings. The Kier molecular flexibility index (Phi) is 6.69. The van der Waals surface area contributed by atoms with Crippen LogP contribution >= 0.6 is 23.2 Å². The molecule has 1 N–H and O–H groups in total. The Bertz CT molecular complexity index is 1070. The highest BCUT2D eigenvalue weighted by Gasteiger charge is 2.22. The first-order chi connectivity index (χ1) is 14.4. The molecule has 0 saturated heterocycles. The van der Waals surface area contributed by atoms with Crippen LogP contribution < -0.4 is 19.5 Å². The lowest BCUT2D eigenvalue weighted by Crippen LogP contribution is -2.15. The SMILES string of the molecule is COc1ccc(C(=O)Nc2nn(Cc3c(F)cccc3Cl)cc2Cl)c(OC)c1OC. The number of carbonyl (C=O) groups excluding carboxylic acids is 1. The number of rotatable bonds is 7. The Morgan fingerprint density at radius 1 is 1.07 bits per heavy atom. The molecule has 0 fully saturated rings. The number of methoxy groups -OCH3 is 3. The van der Waals surface area contributed by atoms with Gasteiger partial charge in [0.25, 0.3) is 5.91 Å². The number of amides is 1. The molecule has 0 atom stereocenters. The molecule has 2 aromatic carbocycles. The number of hydrogen-bond acceptors (Lipinski definition) is 5. The summed E-state index contributed by atoms with van der Waals surface area (Å²) in [5.74, 6) is 0.00103. The third-order valence-corrected chi connectivity index (χ3v) is 4.91. The minimum atomic E-state index is -0.524. The second-order valence-electron chi connectivity index (χ2n) is 6.06. The lowest BCUT2D eigenvalue weighted by Gasteiger charge is -2.15. The zero-order chi connectivity index (χ0) is 21.8. The fraction of sp³-hybridized carbons (Fsp3) is 0.200. The number of benzene rings is 2. The average Bonchev–Trinajstić information content (AvgIpc) is 3.08. The van der Waals surface area contributed by atoms with E-state index in [1.165, 1.54) is 50.4 Å². The fourth-order valence-corrected chi connectivity index (χ4v) is 3.28. The first-order valence-electron chi connectivity index (χ1n) is 8.65. The van der Waals surface area contributed by atoms with Crippen LogP contribution in [0, 0.1) is 5.82 Å². The van der Waals surface area contributed by atoms with Crippen molar-refractivity contribution in [1.29, 1.82) is 0 Å². The summed E-state index contributed by atoms with van der Waals surface area (Å²) in [6.07, 6.45) is 1.46. The molecule has 0 unspecified atom stereocenters. The molecule has 0 bridgehead atoms. The Labute approximate surface area is 182 Å². The molecule has 3 aromatic rings. The Morgan fingerprint density at radius 3 is 2.43 bits per heavy atom. The minimum Gasteiger partial charge on any atom is -0.493 e. The second kappa shape index (κ2) is 9.23. The zero-order valence-electron chi connectivity index (χ0n) is 16.3. The molecular weight excluding hydrogens is 436 g/mol.